The molecular weight excluding hydrogens is 1440 g/mol. The Balaban J connectivity index is 0.000000334. The maximum absolute atomic E-state index is 13.3. The summed E-state index contributed by atoms with van der Waals surface area (Å²) in [6.45, 7) is 36.0. The van der Waals surface area contributed by atoms with Crippen LogP contribution in [0, 0.1) is 0 Å². The lowest BCUT2D eigenvalue weighted by molar-refractivity contribution is -0.174. The summed E-state index contributed by atoms with van der Waals surface area (Å²) in [6, 6.07) is 0. The minimum atomic E-state index is -1.18. The zero-order valence-electron chi connectivity index (χ0n) is 63.3. The number of nitrogens with zero attached hydrogens (tertiary/aromatic N) is 12. The standard InChI is InChI=1S/C23H36N4O9S.C22H34N4O9S.C20H32N4O7S/c1-14(35-22(31)15(2)34-16(3)28)21(30)27(23(5,6)7)12-18(36-17(4)29)13-33-20-19(24-37-25-20)26-8-10-32-11-9-26;1-14(34-15(2)27)21(30)33-13-18(29)26(22(4,5)6)11-17(35-16(3)28)12-32-20-19(23-36-24-20)25-7-9-31-10-8-25;1-13(30-14(2)25)19(27)24(20(4,5)6)11-16(31-15(3)26)12-29-18-17(21-32-22-18)23-7-9-28-10-8-23/h14-15,18H,8-13H2,1-7H3;14,17H,7-13H2,1-6H3;13,16H,7-12H2,1-6H3/t14?,15?,18-;14?,17-;13?,16-/m000/s1. The second kappa shape index (κ2) is 42.6. The van der Waals surface area contributed by atoms with E-state index in [2.05, 4.69) is 26.2 Å². The lowest BCUT2D eigenvalue weighted by Crippen LogP contribution is -2.54. The molecule has 3 aromatic rings. The largest absolute Gasteiger partial charge is 0.470 e. The first-order valence-electron chi connectivity index (χ1n) is 33.8. The predicted molar refractivity (Wildman–Crippen MR) is 377 cm³/mol. The highest BCUT2D eigenvalue weighted by atomic mass is 32.1. The minimum Gasteiger partial charge on any atom is -0.470 e. The van der Waals surface area contributed by atoms with Crippen molar-refractivity contribution in [3.63, 3.8) is 0 Å². The smallest absolute Gasteiger partial charge is 0.347 e. The van der Waals surface area contributed by atoms with Crippen LogP contribution in [0.5, 0.6) is 17.6 Å². The molecule has 0 N–H and O–H groups in total. The number of ether oxygens (including phenoxy) is 14. The fourth-order valence-electron chi connectivity index (χ4n) is 10.0. The van der Waals surface area contributed by atoms with E-state index in [-0.39, 0.29) is 39.5 Å². The third-order valence-corrected chi connectivity index (χ3v) is 16.4. The number of carbonyl (C=O) groups excluding carboxylic acids is 11. The molecule has 0 aromatic carbocycles. The van der Waals surface area contributed by atoms with Gasteiger partial charge in [-0.15, -0.1) is 13.1 Å². The minimum absolute atomic E-state index is 0.0237. The fourth-order valence-corrected chi connectivity index (χ4v) is 11.6. The molecule has 0 bridgehead atoms. The van der Waals surface area contributed by atoms with Gasteiger partial charge in [0.15, 0.2) is 49.3 Å². The summed E-state index contributed by atoms with van der Waals surface area (Å²) >= 11 is 3.04. The van der Waals surface area contributed by atoms with Crippen LogP contribution in [0.2, 0.25) is 0 Å². The van der Waals surface area contributed by atoms with E-state index in [1.54, 1.807) is 41.5 Å². The number of aromatic nitrogens is 6. The highest BCUT2D eigenvalue weighted by Crippen LogP contribution is 2.31. The van der Waals surface area contributed by atoms with Gasteiger partial charge in [0, 0.05) is 97.4 Å². The van der Waals surface area contributed by atoms with Gasteiger partial charge in [-0.25, -0.2) is 9.59 Å². The Hall–Kier alpha value is -8.47. The van der Waals surface area contributed by atoms with Gasteiger partial charge < -0.3 is 95.7 Å². The molecule has 105 heavy (non-hydrogen) atoms. The molecule has 3 aromatic heterocycles. The normalized spacial score (nSPS) is 15.9. The first-order valence-corrected chi connectivity index (χ1v) is 36.0. The highest BCUT2D eigenvalue weighted by molar-refractivity contribution is 7.00. The van der Waals surface area contributed by atoms with Crippen molar-refractivity contribution >= 4 is 118 Å². The van der Waals surface area contributed by atoms with Crippen molar-refractivity contribution in [3.8, 4) is 17.6 Å². The molecule has 3 amide bonds. The number of morpholine rings is 3. The van der Waals surface area contributed by atoms with Crippen LogP contribution in [0.3, 0.4) is 0 Å². The second-order valence-electron chi connectivity index (χ2n) is 27.0. The van der Waals surface area contributed by atoms with Crippen molar-refractivity contribution < 1.29 is 119 Å². The van der Waals surface area contributed by atoms with Crippen molar-refractivity contribution in [2.45, 2.75) is 191 Å². The lowest BCUT2D eigenvalue weighted by Gasteiger charge is -2.39. The van der Waals surface area contributed by atoms with Gasteiger partial charge in [0.25, 0.3) is 35.4 Å². The summed E-state index contributed by atoms with van der Waals surface area (Å²) in [5.74, 6) is -3.81. The topological polar surface area (TPSA) is 414 Å². The first-order chi connectivity index (χ1) is 49.2. The average molecular weight is 1550 g/mol. The van der Waals surface area contributed by atoms with Gasteiger partial charge in [-0.3, -0.25) is 43.2 Å². The molecule has 4 unspecified atom stereocenters. The summed E-state index contributed by atoms with van der Waals surface area (Å²) in [6.07, 6.45) is -6.90. The number of amides is 3. The average Bonchev–Trinajstić information content (AvgIpc) is 1.71. The van der Waals surface area contributed by atoms with Crippen LogP contribution < -0.4 is 28.9 Å². The summed E-state index contributed by atoms with van der Waals surface area (Å²) in [5, 5.41) is 0. The molecule has 0 radical (unpaired) electrons. The first kappa shape index (κ1) is 88.9. The van der Waals surface area contributed by atoms with Crippen LogP contribution in [0.15, 0.2) is 0 Å². The van der Waals surface area contributed by atoms with Gasteiger partial charge in [0.2, 0.25) is 17.5 Å². The van der Waals surface area contributed by atoms with E-state index in [1.165, 1.54) is 83.9 Å². The van der Waals surface area contributed by atoms with Crippen LogP contribution in [-0.2, 0) is 105 Å². The molecule has 6 rings (SSSR count). The van der Waals surface area contributed by atoms with Crippen LogP contribution >= 0.6 is 35.2 Å². The zero-order valence-corrected chi connectivity index (χ0v) is 65.7. The third kappa shape index (κ3) is 31.2. The van der Waals surface area contributed by atoms with Gasteiger partial charge in [-0.1, -0.05) is 0 Å². The van der Waals surface area contributed by atoms with Crippen LogP contribution in [0.25, 0.3) is 0 Å². The molecule has 590 valence electrons. The van der Waals surface area contributed by atoms with Crippen LogP contribution in [0.1, 0.15) is 132 Å². The van der Waals surface area contributed by atoms with E-state index in [4.69, 9.17) is 66.3 Å². The molecule has 0 aliphatic carbocycles. The number of rotatable bonds is 31. The number of esters is 8. The quantitative estimate of drug-likeness (QED) is 0.0659. The number of hydrogen-bond donors (Lipinski definition) is 0. The van der Waals surface area contributed by atoms with E-state index >= 15 is 0 Å². The fraction of sp³-hybridized carbons (Fsp3) is 0.738. The van der Waals surface area contributed by atoms with Crippen LogP contribution in [-0.4, -0.2) is 291 Å². The van der Waals surface area contributed by atoms with Crippen molar-refractivity contribution in [2.24, 2.45) is 0 Å². The van der Waals surface area contributed by atoms with E-state index in [0.29, 0.717) is 114 Å². The van der Waals surface area contributed by atoms with Gasteiger partial charge >= 0.3 is 47.8 Å². The molecule has 6 heterocycles. The van der Waals surface area contributed by atoms with Crippen molar-refractivity contribution in [2.75, 3.05) is 140 Å². The summed E-state index contributed by atoms with van der Waals surface area (Å²) < 4.78 is 100. The molecule has 0 saturated carbocycles. The number of anilines is 3. The van der Waals surface area contributed by atoms with Gasteiger partial charge in [0.05, 0.1) is 94.5 Å². The molecule has 7 atom stereocenters. The maximum Gasteiger partial charge on any atom is 0.347 e. The van der Waals surface area contributed by atoms with E-state index in [0.717, 1.165) is 35.2 Å². The Morgan fingerprint density at radius 2 is 0.648 bits per heavy atom. The number of hydrogen-bond acceptors (Lipinski definition) is 37. The molecule has 37 nitrogen and oxygen atoms in total. The Kier molecular flexibility index (Phi) is 36.1. The summed E-state index contributed by atoms with van der Waals surface area (Å²) in [4.78, 5) is 143. The molecule has 40 heteroatoms. The zero-order chi connectivity index (χ0) is 78.5. The summed E-state index contributed by atoms with van der Waals surface area (Å²) in [5.41, 5.74) is -2.05. The molecule has 0 spiro atoms. The van der Waals surface area contributed by atoms with Crippen molar-refractivity contribution in [1.29, 1.82) is 0 Å². The monoisotopic (exact) mass is 1550 g/mol. The molecule has 3 aliphatic heterocycles. The number of carbonyl (C=O) groups is 11. The SMILES string of the molecule is CC(=O)OC(C)C(=O)N(C[C@@H](COc1nsnc1N1CCOCC1)OC(C)=O)C(C)(C)C.CC(=O)OC(C)C(=O)OC(C)C(=O)N(C[C@@H](COc1nsnc1N1CCOCC1)OC(C)=O)C(C)(C)C.CC(=O)OC(C)C(=O)OCC(=O)N(C[C@@H](COc1nsnc1N1CCOCC1)OC(C)=O)C(C)(C)C. The second-order valence-corrected chi connectivity index (χ2v) is 28.5. The van der Waals surface area contributed by atoms with Crippen molar-refractivity contribution in [1.82, 2.24) is 40.9 Å². The van der Waals surface area contributed by atoms with Gasteiger partial charge in [0.1, 0.15) is 19.8 Å². The summed E-state index contributed by atoms with van der Waals surface area (Å²) in [7, 11) is 0. The van der Waals surface area contributed by atoms with E-state index < -0.39 is 131 Å². The Morgan fingerprint density at radius 3 is 0.933 bits per heavy atom. The Labute approximate surface area is 623 Å². The van der Waals surface area contributed by atoms with Gasteiger partial charge in [-0.05, 0) is 90.0 Å². The van der Waals surface area contributed by atoms with Crippen LogP contribution in [0.4, 0.5) is 17.5 Å². The maximum atomic E-state index is 13.3. The van der Waals surface area contributed by atoms with Crippen molar-refractivity contribution in [3.05, 3.63) is 0 Å². The molecule has 3 saturated heterocycles. The third-order valence-electron chi connectivity index (χ3n) is 14.9. The van der Waals surface area contributed by atoms with E-state index in [9.17, 15) is 52.7 Å². The molecular formula is C65H102N12O25S3. The molecule has 3 aliphatic rings. The highest BCUT2D eigenvalue weighted by Gasteiger charge is 2.39. The Morgan fingerprint density at radius 1 is 0.381 bits per heavy atom. The molecule has 3 fully saturated rings. The van der Waals surface area contributed by atoms with E-state index in [1.807, 2.05) is 35.5 Å². The lowest BCUT2D eigenvalue weighted by atomic mass is 10.0. The predicted octanol–water partition coefficient (Wildman–Crippen LogP) is 3.27. The Bertz CT molecular complexity index is 3320. The van der Waals surface area contributed by atoms with Gasteiger partial charge in [-0.2, -0.15) is 13.1 Å².